The highest BCUT2D eigenvalue weighted by Crippen LogP contribution is 2.13. The van der Waals surface area contributed by atoms with Crippen LogP contribution < -0.4 is 5.32 Å². The smallest absolute Gasteiger partial charge is 0.254 e. The molecule has 0 heterocycles. The summed E-state index contributed by atoms with van der Waals surface area (Å²) in [6.45, 7) is 3.57. The van der Waals surface area contributed by atoms with Crippen molar-refractivity contribution in [2.24, 2.45) is 0 Å². The van der Waals surface area contributed by atoms with Crippen LogP contribution in [-0.4, -0.2) is 35.2 Å². The third-order valence-electron chi connectivity index (χ3n) is 2.77. The van der Waals surface area contributed by atoms with Gasteiger partial charge < -0.3 is 10.4 Å². The first kappa shape index (κ1) is 15.0. The number of amides is 1. The number of halogens is 1. The summed E-state index contributed by atoms with van der Waals surface area (Å²) < 4.78 is 13.5. The number of nitrogens with one attached hydrogen (secondary N) is 1. The van der Waals surface area contributed by atoms with Gasteiger partial charge in [-0.2, -0.15) is 11.8 Å². The van der Waals surface area contributed by atoms with Gasteiger partial charge in [-0.3, -0.25) is 4.79 Å². The van der Waals surface area contributed by atoms with E-state index in [-0.39, 0.29) is 23.5 Å². The van der Waals surface area contributed by atoms with Crippen molar-refractivity contribution in [1.29, 1.82) is 0 Å². The van der Waals surface area contributed by atoms with Crippen molar-refractivity contribution >= 4 is 17.7 Å². The maximum atomic E-state index is 13.5. The van der Waals surface area contributed by atoms with Gasteiger partial charge in [-0.25, -0.2) is 4.39 Å². The summed E-state index contributed by atoms with van der Waals surface area (Å²) in [4.78, 5) is 11.9. The zero-order valence-electron chi connectivity index (χ0n) is 10.7. The van der Waals surface area contributed by atoms with E-state index in [4.69, 9.17) is 5.11 Å². The molecule has 0 saturated carbocycles. The fourth-order valence-corrected chi connectivity index (χ4v) is 2.25. The van der Waals surface area contributed by atoms with Crippen molar-refractivity contribution in [2.45, 2.75) is 25.1 Å². The standard InChI is InChI=1S/C13H18FNO2S/c1-8-4-5-11(14)10(6-8)13(17)15-9(2)12(7-16)18-3/h4-6,9,12,16H,7H2,1-3H3,(H,15,17). The highest BCUT2D eigenvalue weighted by atomic mass is 32.2. The van der Waals surface area contributed by atoms with Crippen molar-refractivity contribution in [3.05, 3.63) is 35.1 Å². The number of carbonyl (C=O) groups excluding carboxylic acids is 1. The van der Waals surface area contributed by atoms with Crippen molar-refractivity contribution < 1.29 is 14.3 Å². The molecule has 1 aromatic rings. The minimum Gasteiger partial charge on any atom is -0.395 e. The van der Waals surface area contributed by atoms with E-state index in [1.807, 2.05) is 6.26 Å². The number of aliphatic hydroxyl groups excluding tert-OH is 1. The predicted octanol–water partition coefficient (Wildman–Crippen LogP) is 1.98. The third-order valence-corrected chi connectivity index (χ3v) is 3.93. The Morgan fingerprint density at radius 1 is 1.56 bits per heavy atom. The Kier molecular flexibility index (Phi) is 5.62. The summed E-state index contributed by atoms with van der Waals surface area (Å²) in [5.74, 6) is -0.980. The molecule has 0 saturated heterocycles. The number of hydrogen-bond acceptors (Lipinski definition) is 3. The van der Waals surface area contributed by atoms with Gasteiger partial charge in [-0.15, -0.1) is 0 Å². The molecule has 2 unspecified atom stereocenters. The van der Waals surface area contributed by atoms with E-state index in [1.54, 1.807) is 19.9 Å². The molecule has 0 aromatic heterocycles. The number of carbonyl (C=O) groups is 1. The second kappa shape index (κ2) is 6.75. The first-order valence-corrected chi connectivity index (χ1v) is 6.99. The highest BCUT2D eigenvalue weighted by molar-refractivity contribution is 7.99. The number of thioether (sulfide) groups is 1. The third kappa shape index (κ3) is 3.71. The molecule has 3 nitrogen and oxygen atoms in total. The summed E-state index contributed by atoms with van der Waals surface area (Å²) >= 11 is 1.46. The largest absolute Gasteiger partial charge is 0.395 e. The Labute approximate surface area is 111 Å². The van der Waals surface area contributed by atoms with Gasteiger partial charge in [0.2, 0.25) is 0 Å². The number of benzene rings is 1. The molecule has 0 spiro atoms. The van der Waals surface area contributed by atoms with Crippen LogP contribution in [0.15, 0.2) is 18.2 Å². The molecule has 1 rings (SSSR count). The minimum atomic E-state index is -0.532. The molecular weight excluding hydrogens is 253 g/mol. The average molecular weight is 271 g/mol. The Balaban J connectivity index is 2.79. The molecule has 5 heteroatoms. The second-order valence-corrected chi connectivity index (χ2v) is 5.28. The molecule has 0 aliphatic rings. The first-order chi connectivity index (χ1) is 8.49. The number of hydrogen-bond donors (Lipinski definition) is 2. The molecule has 1 aromatic carbocycles. The van der Waals surface area contributed by atoms with Gasteiger partial charge in [0.1, 0.15) is 5.82 Å². The van der Waals surface area contributed by atoms with Crippen LogP contribution in [0.5, 0.6) is 0 Å². The topological polar surface area (TPSA) is 49.3 Å². The summed E-state index contributed by atoms with van der Waals surface area (Å²) in [5, 5.41) is 11.7. The molecule has 18 heavy (non-hydrogen) atoms. The normalized spacial score (nSPS) is 14.1. The van der Waals surface area contributed by atoms with Crippen LogP contribution in [0.1, 0.15) is 22.8 Å². The monoisotopic (exact) mass is 271 g/mol. The van der Waals surface area contributed by atoms with Gasteiger partial charge in [0.05, 0.1) is 12.2 Å². The van der Waals surface area contributed by atoms with E-state index in [1.165, 1.54) is 23.9 Å². The van der Waals surface area contributed by atoms with E-state index < -0.39 is 11.7 Å². The molecular formula is C13H18FNO2S. The molecule has 0 aliphatic carbocycles. The Morgan fingerprint density at radius 3 is 2.78 bits per heavy atom. The molecule has 2 atom stereocenters. The predicted molar refractivity (Wildman–Crippen MR) is 72.5 cm³/mol. The molecule has 100 valence electrons. The number of aryl methyl sites for hydroxylation is 1. The van der Waals surface area contributed by atoms with Crippen LogP contribution in [-0.2, 0) is 0 Å². The second-order valence-electron chi connectivity index (χ2n) is 4.20. The zero-order chi connectivity index (χ0) is 13.7. The van der Waals surface area contributed by atoms with E-state index >= 15 is 0 Å². The minimum absolute atomic E-state index is 0.0289. The lowest BCUT2D eigenvalue weighted by atomic mass is 10.1. The van der Waals surface area contributed by atoms with E-state index in [0.29, 0.717) is 0 Å². The molecule has 0 radical (unpaired) electrons. The fourth-order valence-electron chi connectivity index (χ4n) is 1.63. The van der Waals surface area contributed by atoms with Gasteiger partial charge in [0, 0.05) is 11.3 Å². The lowest BCUT2D eigenvalue weighted by molar-refractivity contribution is 0.0932. The van der Waals surface area contributed by atoms with Crippen LogP contribution in [0.2, 0.25) is 0 Å². The van der Waals surface area contributed by atoms with E-state index in [2.05, 4.69) is 5.32 Å². The maximum absolute atomic E-state index is 13.5. The van der Waals surface area contributed by atoms with Gasteiger partial charge in [0.25, 0.3) is 5.91 Å². The highest BCUT2D eigenvalue weighted by Gasteiger charge is 2.19. The Morgan fingerprint density at radius 2 is 2.22 bits per heavy atom. The van der Waals surface area contributed by atoms with Crippen molar-refractivity contribution in [2.75, 3.05) is 12.9 Å². The van der Waals surface area contributed by atoms with Crippen molar-refractivity contribution in [3.8, 4) is 0 Å². The van der Waals surface area contributed by atoms with E-state index in [9.17, 15) is 9.18 Å². The van der Waals surface area contributed by atoms with Crippen LogP contribution in [0.4, 0.5) is 4.39 Å². The summed E-state index contributed by atoms with van der Waals surface area (Å²) in [6, 6.07) is 4.20. The molecule has 1 amide bonds. The van der Waals surface area contributed by atoms with Crippen LogP contribution in [0, 0.1) is 12.7 Å². The molecule has 2 N–H and O–H groups in total. The maximum Gasteiger partial charge on any atom is 0.254 e. The zero-order valence-corrected chi connectivity index (χ0v) is 11.6. The Bertz CT molecular complexity index is 421. The van der Waals surface area contributed by atoms with Crippen LogP contribution >= 0.6 is 11.8 Å². The fraction of sp³-hybridized carbons (Fsp3) is 0.462. The average Bonchev–Trinajstić information content (AvgIpc) is 2.33. The quantitative estimate of drug-likeness (QED) is 0.861. The number of rotatable bonds is 5. The lowest BCUT2D eigenvalue weighted by Gasteiger charge is -2.21. The lowest BCUT2D eigenvalue weighted by Crippen LogP contribution is -2.41. The van der Waals surface area contributed by atoms with Gasteiger partial charge >= 0.3 is 0 Å². The van der Waals surface area contributed by atoms with Crippen molar-refractivity contribution in [3.63, 3.8) is 0 Å². The van der Waals surface area contributed by atoms with Crippen LogP contribution in [0.25, 0.3) is 0 Å². The molecule has 0 aliphatic heterocycles. The van der Waals surface area contributed by atoms with Crippen molar-refractivity contribution in [1.82, 2.24) is 5.32 Å². The molecule has 0 fully saturated rings. The summed E-state index contributed by atoms with van der Waals surface area (Å²) in [6.07, 6.45) is 1.86. The van der Waals surface area contributed by atoms with E-state index in [0.717, 1.165) is 5.56 Å². The number of aliphatic hydroxyl groups is 1. The van der Waals surface area contributed by atoms with Gasteiger partial charge in [-0.05, 0) is 32.2 Å². The summed E-state index contributed by atoms with van der Waals surface area (Å²) in [7, 11) is 0. The van der Waals surface area contributed by atoms with Gasteiger partial charge in [0.15, 0.2) is 0 Å². The summed E-state index contributed by atoms with van der Waals surface area (Å²) in [5.41, 5.74) is 0.873. The Hall–Kier alpha value is -1.07. The van der Waals surface area contributed by atoms with Crippen LogP contribution in [0.3, 0.4) is 0 Å². The molecule has 0 bridgehead atoms. The van der Waals surface area contributed by atoms with Gasteiger partial charge in [-0.1, -0.05) is 11.6 Å². The SMILES string of the molecule is CSC(CO)C(C)NC(=O)c1cc(C)ccc1F. The first-order valence-electron chi connectivity index (χ1n) is 5.70.